The molecule has 0 radical (unpaired) electrons. The van der Waals surface area contributed by atoms with Crippen molar-refractivity contribution in [1.29, 1.82) is 0 Å². The first kappa shape index (κ1) is 11.9. The van der Waals surface area contributed by atoms with Gasteiger partial charge in [-0.05, 0) is 30.3 Å². The van der Waals surface area contributed by atoms with Crippen molar-refractivity contribution >= 4 is 10.8 Å². The van der Waals surface area contributed by atoms with E-state index in [2.05, 4.69) is 48.6 Å². The van der Waals surface area contributed by atoms with Gasteiger partial charge in [0.1, 0.15) is 5.75 Å². The quantitative estimate of drug-likeness (QED) is 0.849. The summed E-state index contributed by atoms with van der Waals surface area (Å²) < 4.78 is 5.81. The fraction of sp³-hybridized carbons (Fsp3) is 0.333. The Hall–Kier alpha value is -1.54. The van der Waals surface area contributed by atoms with Gasteiger partial charge in [0.25, 0.3) is 0 Å². The van der Waals surface area contributed by atoms with E-state index >= 15 is 0 Å². The van der Waals surface area contributed by atoms with Crippen molar-refractivity contribution in [2.45, 2.75) is 19.9 Å². The highest BCUT2D eigenvalue weighted by atomic mass is 16.5. The lowest BCUT2D eigenvalue weighted by atomic mass is 10.0. The summed E-state index contributed by atoms with van der Waals surface area (Å²) in [6.45, 7) is 3.73. The lowest BCUT2D eigenvalue weighted by Crippen LogP contribution is -2.08. The van der Waals surface area contributed by atoms with Gasteiger partial charge in [-0.15, -0.1) is 0 Å². The van der Waals surface area contributed by atoms with E-state index < -0.39 is 0 Å². The summed E-state index contributed by atoms with van der Waals surface area (Å²) in [5, 5.41) is 5.75. The van der Waals surface area contributed by atoms with Crippen molar-refractivity contribution in [2.24, 2.45) is 0 Å². The third-order valence-corrected chi connectivity index (χ3v) is 2.81. The largest absolute Gasteiger partial charge is 0.493 e. The molecule has 0 atom stereocenters. The summed E-state index contributed by atoms with van der Waals surface area (Å²) in [7, 11) is 1.96. The maximum Gasteiger partial charge on any atom is 0.124 e. The van der Waals surface area contributed by atoms with Gasteiger partial charge in [0, 0.05) is 12.1 Å². The zero-order chi connectivity index (χ0) is 12.1. The monoisotopic (exact) mass is 229 g/mol. The molecule has 0 heterocycles. The first-order chi connectivity index (χ1) is 8.36. The second kappa shape index (κ2) is 5.69. The van der Waals surface area contributed by atoms with E-state index in [9.17, 15) is 0 Å². The Kier molecular flexibility index (Phi) is 3.99. The van der Waals surface area contributed by atoms with Crippen molar-refractivity contribution in [2.75, 3.05) is 13.7 Å². The molecule has 2 nitrogen and oxygen atoms in total. The van der Waals surface area contributed by atoms with Gasteiger partial charge in [-0.3, -0.25) is 0 Å². The minimum absolute atomic E-state index is 0.773. The van der Waals surface area contributed by atoms with Crippen LogP contribution in [0.2, 0.25) is 0 Å². The van der Waals surface area contributed by atoms with E-state index in [1.54, 1.807) is 0 Å². The fourth-order valence-electron chi connectivity index (χ4n) is 2.02. The van der Waals surface area contributed by atoms with Gasteiger partial charge in [0.2, 0.25) is 0 Å². The number of nitrogens with one attached hydrogen (secondary N) is 1. The second-order valence-corrected chi connectivity index (χ2v) is 4.14. The molecule has 0 bridgehead atoms. The Bertz CT molecular complexity index is 493. The van der Waals surface area contributed by atoms with Crippen LogP contribution in [0.4, 0.5) is 0 Å². The molecule has 0 aliphatic carbocycles. The second-order valence-electron chi connectivity index (χ2n) is 4.14. The lowest BCUT2D eigenvalue weighted by Gasteiger charge is -2.13. The molecule has 2 aromatic carbocycles. The summed E-state index contributed by atoms with van der Waals surface area (Å²) in [6.07, 6.45) is 1.03. The molecule has 17 heavy (non-hydrogen) atoms. The average molecular weight is 229 g/mol. The molecule has 1 N–H and O–H groups in total. The number of fused-ring (bicyclic) bond motifs is 1. The van der Waals surface area contributed by atoms with Crippen LogP contribution in [0.1, 0.15) is 18.9 Å². The van der Waals surface area contributed by atoms with Crippen LogP contribution in [-0.2, 0) is 6.54 Å². The molecular formula is C15H19NO. The zero-order valence-corrected chi connectivity index (χ0v) is 10.5. The molecule has 0 aromatic heterocycles. The van der Waals surface area contributed by atoms with Crippen LogP contribution in [0.15, 0.2) is 36.4 Å². The van der Waals surface area contributed by atoms with Crippen LogP contribution < -0.4 is 10.1 Å². The van der Waals surface area contributed by atoms with E-state index in [1.165, 1.54) is 16.3 Å². The summed E-state index contributed by atoms with van der Waals surface area (Å²) >= 11 is 0. The molecule has 0 aliphatic heterocycles. The topological polar surface area (TPSA) is 21.3 Å². The third-order valence-electron chi connectivity index (χ3n) is 2.81. The Labute approximate surface area is 103 Å². The Morgan fingerprint density at radius 2 is 1.94 bits per heavy atom. The molecule has 0 saturated heterocycles. The van der Waals surface area contributed by atoms with Crippen molar-refractivity contribution < 1.29 is 4.74 Å². The average Bonchev–Trinajstić information content (AvgIpc) is 2.38. The van der Waals surface area contributed by atoms with Gasteiger partial charge < -0.3 is 10.1 Å². The van der Waals surface area contributed by atoms with Crippen LogP contribution in [0, 0.1) is 0 Å². The van der Waals surface area contributed by atoms with Crippen LogP contribution in [0.5, 0.6) is 5.75 Å². The number of ether oxygens (including phenoxy) is 1. The number of benzene rings is 2. The lowest BCUT2D eigenvalue weighted by molar-refractivity contribution is 0.314. The van der Waals surface area contributed by atoms with Crippen LogP contribution in [0.25, 0.3) is 10.8 Å². The summed E-state index contributed by atoms with van der Waals surface area (Å²) in [5.41, 5.74) is 1.25. The minimum atomic E-state index is 0.773. The Morgan fingerprint density at radius 3 is 2.71 bits per heavy atom. The first-order valence-electron chi connectivity index (χ1n) is 6.15. The predicted octanol–water partition coefficient (Wildman–Crippen LogP) is 3.35. The molecule has 90 valence electrons. The van der Waals surface area contributed by atoms with Gasteiger partial charge in [-0.25, -0.2) is 0 Å². The van der Waals surface area contributed by atoms with Crippen LogP contribution in [0.3, 0.4) is 0 Å². The maximum atomic E-state index is 5.81. The van der Waals surface area contributed by atoms with Crippen molar-refractivity contribution in [3.8, 4) is 5.75 Å². The van der Waals surface area contributed by atoms with Crippen LogP contribution >= 0.6 is 0 Å². The predicted molar refractivity (Wildman–Crippen MR) is 72.5 cm³/mol. The van der Waals surface area contributed by atoms with Crippen molar-refractivity contribution in [1.82, 2.24) is 5.32 Å². The molecule has 2 rings (SSSR count). The molecule has 0 amide bonds. The Morgan fingerprint density at radius 1 is 1.12 bits per heavy atom. The zero-order valence-electron chi connectivity index (χ0n) is 10.5. The van der Waals surface area contributed by atoms with E-state index in [4.69, 9.17) is 4.74 Å². The van der Waals surface area contributed by atoms with E-state index in [1.807, 2.05) is 7.05 Å². The van der Waals surface area contributed by atoms with Gasteiger partial charge >= 0.3 is 0 Å². The number of hydrogen-bond acceptors (Lipinski definition) is 2. The maximum absolute atomic E-state index is 5.81. The summed E-state index contributed by atoms with van der Waals surface area (Å²) in [6, 6.07) is 12.6. The van der Waals surface area contributed by atoms with Crippen LogP contribution in [-0.4, -0.2) is 13.7 Å². The summed E-state index contributed by atoms with van der Waals surface area (Å²) in [4.78, 5) is 0. The van der Waals surface area contributed by atoms with Gasteiger partial charge in [0.15, 0.2) is 0 Å². The molecule has 2 heteroatoms. The molecule has 0 unspecified atom stereocenters. The van der Waals surface area contributed by atoms with Crippen molar-refractivity contribution in [3.63, 3.8) is 0 Å². The number of rotatable bonds is 5. The molecule has 0 aliphatic rings. The molecule has 2 aromatic rings. The fourth-order valence-corrected chi connectivity index (χ4v) is 2.02. The van der Waals surface area contributed by atoms with E-state index in [-0.39, 0.29) is 0 Å². The van der Waals surface area contributed by atoms with Gasteiger partial charge in [-0.2, -0.15) is 0 Å². The molecular weight excluding hydrogens is 210 g/mol. The summed E-state index contributed by atoms with van der Waals surface area (Å²) in [5.74, 6) is 1.000. The highest BCUT2D eigenvalue weighted by Crippen LogP contribution is 2.28. The highest BCUT2D eigenvalue weighted by molar-refractivity contribution is 5.87. The standard InChI is InChI=1S/C15H19NO/c1-3-10-17-15-9-8-12-6-4-5-7-13(12)14(15)11-16-2/h4-9,16H,3,10-11H2,1-2H3. The minimum Gasteiger partial charge on any atom is -0.493 e. The highest BCUT2D eigenvalue weighted by Gasteiger charge is 2.07. The van der Waals surface area contributed by atoms with Gasteiger partial charge in [0.05, 0.1) is 6.61 Å². The van der Waals surface area contributed by atoms with E-state index in [0.29, 0.717) is 0 Å². The Balaban J connectivity index is 2.47. The number of hydrogen-bond donors (Lipinski definition) is 1. The molecule has 0 saturated carbocycles. The first-order valence-corrected chi connectivity index (χ1v) is 6.15. The van der Waals surface area contributed by atoms with Crippen molar-refractivity contribution in [3.05, 3.63) is 42.0 Å². The molecule has 0 fully saturated rings. The van der Waals surface area contributed by atoms with E-state index in [0.717, 1.165) is 25.3 Å². The van der Waals surface area contributed by atoms with Gasteiger partial charge in [-0.1, -0.05) is 37.3 Å². The molecule has 0 spiro atoms. The smallest absolute Gasteiger partial charge is 0.124 e. The normalized spacial score (nSPS) is 10.7. The third kappa shape index (κ3) is 2.59. The SMILES string of the molecule is CCCOc1ccc2ccccc2c1CNC.